The van der Waals surface area contributed by atoms with Gasteiger partial charge in [0.15, 0.2) is 16.6 Å². The molecule has 0 unspecified atom stereocenters. The second-order valence-electron chi connectivity index (χ2n) is 5.94. The summed E-state index contributed by atoms with van der Waals surface area (Å²) in [5, 5.41) is 12.6. The van der Waals surface area contributed by atoms with Crippen LogP contribution < -0.4 is 19.7 Å². The van der Waals surface area contributed by atoms with Gasteiger partial charge < -0.3 is 14.6 Å². The lowest BCUT2D eigenvalue weighted by atomic mass is 10.1. The molecule has 2 aromatic rings. The van der Waals surface area contributed by atoms with Gasteiger partial charge in [-0.3, -0.25) is 19.8 Å². The summed E-state index contributed by atoms with van der Waals surface area (Å²) >= 11 is 7.15. The molecule has 3 rings (SSSR count). The van der Waals surface area contributed by atoms with Crippen LogP contribution in [0.1, 0.15) is 12.5 Å². The minimum Gasteiger partial charge on any atom is -0.504 e. The average Bonchev–Trinajstić information content (AvgIpc) is 2.69. The molecule has 0 saturated carbocycles. The van der Waals surface area contributed by atoms with E-state index in [4.69, 9.17) is 21.7 Å². The van der Waals surface area contributed by atoms with Crippen LogP contribution in [-0.4, -0.2) is 35.8 Å². The molecule has 2 aromatic carbocycles. The fourth-order valence-electron chi connectivity index (χ4n) is 2.73. The fraction of sp³-hybridized carbons (Fsp3) is 0.150. The lowest BCUT2D eigenvalue weighted by Gasteiger charge is -2.29. The van der Waals surface area contributed by atoms with E-state index in [1.54, 1.807) is 50.4 Å². The Morgan fingerprint density at radius 1 is 1.24 bits per heavy atom. The van der Waals surface area contributed by atoms with Gasteiger partial charge in [-0.15, -0.1) is 0 Å². The van der Waals surface area contributed by atoms with Crippen LogP contribution in [0.4, 0.5) is 5.69 Å². The van der Waals surface area contributed by atoms with E-state index >= 15 is 0 Å². The Balaban J connectivity index is 2.01. The molecule has 1 aliphatic heterocycles. The van der Waals surface area contributed by atoms with Crippen LogP contribution in [0.15, 0.2) is 42.0 Å². The van der Waals surface area contributed by atoms with Crippen LogP contribution in [0.3, 0.4) is 0 Å². The molecule has 29 heavy (non-hydrogen) atoms. The maximum absolute atomic E-state index is 13.1. The van der Waals surface area contributed by atoms with E-state index in [-0.39, 0.29) is 22.2 Å². The Morgan fingerprint density at radius 3 is 2.55 bits per heavy atom. The molecular weight excluding hydrogens is 507 g/mol. The van der Waals surface area contributed by atoms with Crippen molar-refractivity contribution in [3.8, 4) is 17.2 Å². The lowest BCUT2D eigenvalue weighted by Crippen LogP contribution is -2.54. The first-order valence-electron chi connectivity index (χ1n) is 8.56. The number of methoxy groups -OCH3 is 1. The zero-order chi connectivity index (χ0) is 21.1. The summed E-state index contributed by atoms with van der Waals surface area (Å²) in [6.45, 7) is 2.16. The highest BCUT2D eigenvalue weighted by molar-refractivity contribution is 14.1. The molecule has 0 atom stereocenters. The molecule has 7 nitrogen and oxygen atoms in total. The van der Waals surface area contributed by atoms with Crippen molar-refractivity contribution in [2.24, 2.45) is 0 Å². The van der Waals surface area contributed by atoms with Crippen molar-refractivity contribution in [1.29, 1.82) is 0 Å². The maximum atomic E-state index is 13.1. The smallest absolute Gasteiger partial charge is 0.270 e. The number of rotatable bonds is 5. The van der Waals surface area contributed by atoms with Crippen molar-refractivity contribution in [3.63, 3.8) is 0 Å². The summed E-state index contributed by atoms with van der Waals surface area (Å²) in [6.07, 6.45) is 1.44. The molecule has 0 bridgehead atoms. The van der Waals surface area contributed by atoms with Gasteiger partial charge in [-0.05, 0) is 89.8 Å². The van der Waals surface area contributed by atoms with Crippen LogP contribution in [0.25, 0.3) is 6.08 Å². The molecule has 2 amide bonds. The van der Waals surface area contributed by atoms with Crippen LogP contribution in [0.5, 0.6) is 17.2 Å². The Labute approximate surface area is 186 Å². The van der Waals surface area contributed by atoms with Gasteiger partial charge in [-0.1, -0.05) is 0 Å². The molecule has 0 radical (unpaired) electrons. The monoisotopic (exact) mass is 524 g/mol. The van der Waals surface area contributed by atoms with Gasteiger partial charge in [0, 0.05) is 0 Å². The van der Waals surface area contributed by atoms with E-state index in [1.807, 2.05) is 22.6 Å². The minimum atomic E-state index is -0.592. The summed E-state index contributed by atoms with van der Waals surface area (Å²) in [7, 11) is 1.54. The van der Waals surface area contributed by atoms with Crippen LogP contribution in [0, 0.1) is 3.57 Å². The average molecular weight is 524 g/mol. The highest BCUT2D eigenvalue weighted by atomic mass is 127. The molecule has 2 N–H and O–H groups in total. The van der Waals surface area contributed by atoms with Crippen LogP contribution in [0.2, 0.25) is 0 Å². The number of hydrogen-bond acceptors (Lipinski definition) is 6. The highest BCUT2D eigenvalue weighted by Crippen LogP contribution is 2.34. The first-order chi connectivity index (χ1) is 13.8. The van der Waals surface area contributed by atoms with Gasteiger partial charge in [0.1, 0.15) is 11.3 Å². The van der Waals surface area contributed by atoms with Gasteiger partial charge in [0.05, 0.1) is 23.0 Å². The molecule has 1 fully saturated rings. The second kappa shape index (κ2) is 8.78. The number of amides is 2. The molecule has 0 aliphatic carbocycles. The van der Waals surface area contributed by atoms with Gasteiger partial charge >= 0.3 is 0 Å². The predicted molar refractivity (Wildman–Crippen MR) is 121 cm³/mol. The van der Waals surface area contributed by atoms with Gasteiger partial charge in [-0.25, -0.2) is 0 Å². The number of aromatic hydroxyl groups is 1. The number of halogens is 1. The number of hydrogen-bond donors (Lipinski definition) is 2. The molecule has 0 spiro atoms. The third kappa shape index (κ3) is 4.35. The van der Waals surface area contributed by atoms with Crippen molar-refractivity contribution in [1.82, 2.24) is 5.32 Å². The number of nitrogens with one attached hydrogen (secondary N) is 1. The number of carbonyl (C=O) groups excluding carboxylic acids is 2. The zero-order valence-electron chi connectivity index (χ0n) is 15.6. The zero-order valence-corrected chi connectivity index (χ0v) is 18.5. The Hall–Kier alpha value is -2.66. The standard InChI is InChI=1S/C20H17IN2O5S/c1-3-28-16-10-11(9-15(21)17(16)24)8-14-18(25)22-20(29)23(19(14)26)12-4-6-13(27-2)7-5-12/h4-10,24H,3H2,1-2H3,(H,22,25,29)/b14-8+. The SMILES string of the molecule is CCOc1cc(/C=C2\C(=O)NC(=S)N(c3ccc(OC)cc3)C2=O)cc(I)c1O. The number of ether oxygens (including phenoxy) is 2. The molecule has 1 aliphatic rings. The number of nitrogens with zero attached hydrogens (tertiary/aromatic N) is 1. The van der Waals surface area contributed by atoms with E-state index < -0.39 is 11.8 Å². The predicted octanol–water partition coefficient (Wildman–Crippen LogP) is 3.24. The molecule has 0 aromatic heterocycles. The number of benzene rings is 2. The minimum absolute atomic E-state index is 0.00221. The van der Waals surface area contributed by atoms with E-state index in [9.17, 15) is 14.7 Å². The molecule has 1 saturated heterocycles. The fourth-order valence-corrected chi connectivity index (χ4v) is 3.64. The third-order valence-electron chi connectivity index (χ3n) is 4.09. The van der Waals surface area contributed by atoms with Crippen molar-refractivity contribution >= 4 is 63.5 Å². The molecule has 150 valence electrons. The number of phenols is 1. The van der Waals surface area contributed by atoms with E-state index in [2.05, 4.69) is 5.32 Å². The Kier molecular flexibility index (Phi) is 6.38. The van der Waals surface area contributed by atoms with E-state index in [1.165, 1.54) is 11.0 Å². The van der Waals surface area contributed by atoms with Crippen molar-refractivity contribution < 1.29 is 24.2 Å². The first-order valence-corrected chi connectivity index (χ1v) is 10.0. The summed E-state index contributed by atoms with van der Waals surface area (Å²) in [6, 6.07) is 9.96. The summed E-state index contributed by atoms with van der Waals surface area (Å²) < 4.78 is 11.1. The Bertz CT molecular complexity index is 1020. The van der Waals surface area contributed by atoms with Gasteiger partial charge in [0.2, 0.25) is 0 Å². The summed E-state index contributed by atoms with van der Waals surface area (Å²) in [5.41, 5.74) is 0.956. The molecular formula is C20H17IN2O5S. The third-order valence-corrected chi connectivity index (χ3v) is 5.20. The maximum Gasteiger partial charge on any atom is 0.270 e. The van der Waals surface area contributed by atoms with Gasteiger partial charge in [0.25, 0.3) is 11.8 Å². The van der Waals surface area contributed by atoms with E-state index in [0.717, 1.165) is 0 Å². The number of anilines is 1. The quantitative estimate of drug-likeness (QED) is 0.271. The highest BCUT2D eigenvalue weighted by Gasteiger charge is 2.34. The number of thiocarbonyl (C=S) groups is 1. The normalized spacial score (nSPS) is 15.5. The van der Waals surface area contributed by atoms with Crippen molar-refractivity contribution in [2.45, 2.75) is 6.92 Å². The lowest BCUT2D eigenvalue weighted by molar-refractivity contribution is -0.122. The second-order valence-corrected chi connectivity index (χ2v) is 7.49. The number of carbonyl (C=O) groups is 2. The first kappa shape index (κ1) is 21.1. The number of phenolic OH excluding ortho intramolecular Hbond substituents is 1. The van der Waals surface area contributed by atoms with Gasteiger partial charge in [-0.2, -0.15) is 0 Å². The summed E-state index contributed by atoms with van der Waals surface area (Å²) in [4.78, 5) is 26.8. The topological polar surface area (TPSA) is 88.1 Å². The summed E-state index contributed by atoms with van der Waals surface area (Å²) in [5.74, 6) is -0.227. The van der Waals surface area contributed by atoms with Crippen molar-refractivity contribution in [2.75, 3.05) is 18.6 Å². The largest absolute Gasteiger partial charge is 0.504 e. The van der Waals surface area contributed by atoms with Crippen LogP contribution in [-0.2, 0) is 9.59 Å². The van der Waals surface area contributed by atoms with E-state index in [0.29, 0.717) is 27.2 Å². The Morgan fingerprint density at radius 2 is 1.93 bits per heavy atom. The molecule has 1 heterocycles. The van der Waals surface area contributed by atoms with Crippen LogP contribution >= 0.6 is 34.8 Å². The molecule has 9 heteroatoms. The van der Waals surface area contributed by atoms with Crippen molar-refractivity contribution in [3.05, 3.63) is 51.1 Å².